The maximum Gasteiger partial charge on any atom is 0.220 e. The lowest BCUT2D eigenvalue weighted by atomic mass is 9.99. The minimum absolute atomic E-state index is 0.0480. The molecule has 8 heteroatoms. The molecule has 0 spiro atoms. The highest BCUT2D eigenvalue weighted by atomic mass is 16.3. The first-order valence-corrected chi connectivity index (χ1v) is 8.19. The fraction of sp³-hybridized carbons (Fsp3) is 0.158. The minimum Gasteiger partial charge on any atom is -0.507 e. The molecule has 1 fully saturated rings. The second kappa shape index (κ2) is 5.94. The summed E-state index contributed by atoms with van der Waals surface area (Å²) in [6.45, 7) is 0. The zero-order valence-electron chi connectivity index (χ0n) is 13.9. The number of phenols is 4. The van der Waals surface area contributed by atoms with E-state index in [0.29, 0.717) is 12.0 Å². The van der Waals surface area contributed by atoms with Crippen LogP contribution in [0.25, 0.3) is 22.3 Å². The van der Waals surface area contributed by atoms with Crippen LogP contribution in [0.3, 0.4) is 0 Å². The second-order valence-electron chi connectivity index (χ2n) is 6.37. The Hall–Kier alpha value is -3.68. The van der Waals surface area contributed by atoms with Crippen molar-refractivity contribution in [2.24, 2.45) is 0 Å². The number of phenolic OH excluding ortho intramolecular Hbond substituents is 4. The molecule has 4 rings (SSSR count). The van der Waals surface area contributed by atoms with Gasteiger partial charge in [-0.25, -0.2) is 0 Å². The molecular formula is C19H15NO7. The van der Waals surface area contributed by atoms with Crippen molar-refractivity contribution in [1.82, 2.24) is 5.32 Å². The van der Waals surface area contributed by atoms with Gasteiger partial charge in [0.25, 0.3) is 0 Å². The summed E-state index contributed by atoms with van der Waals surface area (Å²) < 4.78 is 5.62. The van der Waals surface area contributed by atoms with Crippen molar-refractivity contribution >= 4 is 16.9 Å². The molecule has 0 bridgehead atoms. The zero-order chi connectivity index (χ0) is 19.3. The number of nitrogens with one attached hydrogen (secondary N) is 1. The van der Waals surface area contributed by atoms with Gasteiger partial charge in [0.1, 0.15) is 28.2 Å². The molecule has 1 atom stereocenters. The summed E-state index contributed by atoms with van der Waals surface area (Å²) in [6.07, 6.45) is 0.654. The third-order valence-corrected chi connectivity index (χ3v) is 4.61. The summed E-state index contributed by atoms with van der Waals surface area (Å²) in [5.74, 6) is -1.56. The molecule has 1 saturated heterocycles. The standard InChI is InChI=1S/C19H15NO7/c21-10-3-1-8(5-11(10)22)14-6-13(24)18-15(27-14)7-12(23)17(19(18)26)9-2-4-16(25)20-9/h1,3,5-7,9,21-23,26H,2,4H2,(H,20,25). The van der Waals surface area contributed by atoms with Gasteiger partial charge in [-0.3, -0.25) is 9.59 Å². The van der Waals surface area contributed by atoms with Gasteiger partial charge in [-0.1, -0.05) is 0 Å². The molecule has 1 aliphatic rings. The van der Waals surface area contributed by atoms with Crippen molar-refractivity contribution in [3.63, 3.8) is 0 Å². The molecule has 1 aromatic heterocycles. The Balaban J connectivity index is 1.90. The van der Waals surface area contributed by atoms with Gasteiger partial charge in [-0.15, -0.1) is 0 Å². The first-order valence-electron chi connectivity index (χ1n) is 8.19. The molecule has 8 nitrogen and oxygen atoms in total. The van der Waals surface area contributed by atoms with Crippen LogP contribution in [0, 0.1) is 0 Å². The number of fused-ring (bicyclic) bond motifs is 1. The van der Waals surface area contributed by atoms with Crippen LogP contribution >= 0.6 is 0 Å². The lowest BCUT2D eigenvalue weighted by Gasteiger charge is -2.16. The van der Waals surface area contributed by atoms with E-state index in [1.54, 1.807) is 0 Å². The molecule has 138 valence electrons. The van der Waals surface area contributed by atoms with E-state index in [9.17, 15) is 30.0 Å². The van der Waals surface area contributed by atoms with E-state index >= 15 is 0 Å². The molecule has 1 unspecified atom stereocenters. The molecule has 3 aromatic rings. The number of carbonyl (C=O) groups is 1. The molecule has 0 aliphatic carbocycles. The average molecular weight is 369 g/mol. The van der Waals surface area contributed by atoms with Crippen LogP contribution in [0.1, 0.15) is 24.4 Å². The SMILES string of the molecule is O=C1CCC(c2c(O)cc3oc(-c4ccc(O)c(O)c4)cc(=O)c3c2O)N1. The van der Waals surface area contributed by atoms with Gasteiger partial charge >= 0.3 is 0 Å². The van der Waals surface area contributed by atoms with E-state index in [2.05, 4.69) is 5.32 Å². The van der Waals surface area contributed by atoms with Gasteiger partial charge in [-0.2, -0.15) is 0 Å². The summed E-state index contributed by atoms with van der Waals surface area (Å²) in [7, 11) is 0. The van der Waals surface area contributed by atoms with E-state index in [0.717, 1.165) is 6.07 Å². The third kappa shape index (κ3) is 2.71. The number of rotatable bonds is 2. The zero-order valence-corrected chi connectivity index (χ0v) is 13.9. The van der Waals surface area contributed by atoms with Crippen molar-refractivity contribution in [2.75, 3.05) is 0 Å². The van der Waals surface area contributed by atoms with Crippen molar-refractivity contribution < 1.29 is 29.6 Å². The van der Waals surface area contributed by atoms with Crippen molar-refractivity contribution in [3.05, 3.63) is 46.1 Å². The number of hydrogen-bond donors (Lipinski definition) is 5. The Morgan fingerprint density at radius 3 is 2.41 bits per heavy atom. The van der Waals surface area contributed by atoms with Crippen molar-refractivity contribution in [2.45, 2.75) is 18.9 Å². The van der Waals surface area contributed by atoms with Gasteiger partial charge in [0.2, 0.25) is 5.91 Å². The number of hydrogen-bond acceptors (Lipinski definition) is 7. The van der Waals surface area contributed by atoms with Crippen molar-refractivity contribution in [3.8, 4) is 34.3 Å². The molecule has 5 N–H and O–H groups in total. The summed E-state index contributed by atoms with van der Waals surface area (Å²) >= 11 is 0. The molecule has 2 aromatic carbocycles. The normalized spacial score (nSPS) is 16.6. The molecule has 27 heavy (non-hydrogen) atoms. The van der Waals surface area contributed by atoms with E-state index in [-0.39, 0.29) is 51.9 Å². The van der Waals surface area contributed by atoms with E-state index in [1.807, 2.05) is 0 Å². The molecule has 0 radical (unpaired) electrons. The predicted octanol–water partition coefficient (Wildman–Crippen LogP) is 2.23. The maximum atomic E-state index is 12.6. The van der Waals surface area contributed by atoms with Crippen LogP contribution in [0.5, 0.6) is 23.0 Å². The molecule has 1 aliphatic heterocycles. The summed E-state index contributed by atoms with van der Waals surface area (Å²) in [5, 5.41) is 42.4. The van der Waals surface area contributed by atoms with E-state index < -0.39 is 17.2 Å². The molecule has 0 saturated carbocycles. The van der Waals surface area contributed by atoms with Crippen LogP contribution < -0.4 is 10.7 Å². The monoisotopic (exact) mass is 369 g/mol. The third-order valence-electron chi connectivity index (χ3n) is 4.61. The summed E-state index contributed by atoms with van der Waals surface area (Å²) in [5.41, 5.74) is -0.193. The summed E-state index contributed by atoms with van der Waals surface area (Å²) in [4.78, 5) is 24.0. The number of amides is 1. The van der Waals surface area contributed by atoms with Crippen LogP contribution in [0.15, 0.2) is 39.5 Å². The molecule has 1 amide bonds. The molecular weight excluding hydrogens is 354 g/mol. The predicted molar refractivity (Wildman–Crippen MR) is 94.7 cm³/mol. The van der Waals surface area contributed by atoms with Crippen LogP contribution in [0.4, 0.5) is 0 Å². The fourth-order valence-electron chi connectivity index (χ4n) is 3.30. The largest absolute Gasteiger partial charge is 0.507 e. The van der Waals surface area contributed by atoms with Gasteiger partial charge in [-0.05, 0) is 24.6 Å². The minimum atomic E-state index is -0.588. The highest BCUT2D eigenvalue weighted by molar-refractivity contribution is 5.89. The first-order chi connectivity index (χ1) is 12.8. The smallest absolute Gasteiger partial charge is 0.220 e. The second-order valence-corrected chi connectivity index (χ2v) is 6.37. The van der Waals surface area contributed by atoms with Gasteiger partial charge in [0.15, 0.2) is 16.9 Å². The lowest BCUT2D eigenvalue weighted by Crippen LogP contribution is -2.18. The van der Waals surface area contributed by atoms with Gasteiger partial charge in [0, 0.05) is 24.1 Å². The van der Waals surface area contributed by atoms with Crippen LogP contribution in [-0.2, 0) is 4.79 Å². The Bertz CT molecular complexity index is 1150. The summed E-state index contributed by atoms with van der Waals surface area (Å²) in [6, 6.07) is 5.68. The van der Waals surface area contributed by atoms with Gasteiger partial charge in [0.05, 0.1) is 11.6 Å². The number of benzene rings is 2. The highest BCUT2D eigenvalue weighted by Crippen LogP contribution is 2.42. The topological polar surface area (TPSA) is 140 Å². The fourth-order valence-corrected chi connectivity index (χ4v) is 3.30. The number of carbonyl (C=O) groups excluding carboxylic acids is 1. The lowest BCUT2D eigenvalue weighted by molar-refractivity contribution is -0.119. The maximum absolute atomic E-state index is 12.6. The van der Waals surface area contributed by atoms with Gasteiger partial charge < -0.3 is 30.2 Å². The Morgan fingerprint density at radius 2 is 1.74 bits per heavy atom. The van der Waals surface area contributed by atoms with Crippen molar-refractivity contribution in [1.29, 1.82) is 0 Å². The van der Waals surface area contributed by atoms with E-state index in [1.165, 1.54) is 24.3 Å². The Labute approximate surface area is 151 Å². The quantitative estimate of drug-likeness (QED) is 0.436. The highest BCUT2D eigenvalue weighted by Gasteiger charge is 2.29. The molecule has 2 heterocycles. The average Bonchev–Trinajstić information content (AvgIpc) is 3.02. The van der Waals surface area contributed by atoms with Crippen LogP contribution in [0.2, 0.25) is 0 Å². The Kier molecular flexibility index (Phi) is 3.69. The van der Waals surface area contributed by atoms with E-state index in [4.69, 9.17) is 4.42 Å². The first kappa shape index (κ1) is 16.8. The Morgan fingerprint density at radius 1 is 0.963 bits per heavy atom. The van der Waals surface area contributed by atoms with Crippen LogP contribution in [-0.4, -0.2) is 26.3 Å². The number of aromatic hydroxyl groups is 4.